The van der Waals surface area contributed by atoms with Crippen LogP contribution in [0.4, 0.5) is 0 Å². The molecule has 5 rings (SSSR count). The van der Waals surface area contributed by atoms with Gasteiger partial charge in [0, 0.05) is 24.9 Å². The Labute approximate surface area is 399 Å². The number of aromatic nitrogens is 4. The van der Waals surface area contributed by atoms with E-state index in [-0.39, 0.29) is 56.5 Å². The zero-order valence-electron chi connectivity index (χ0n) is 40.0. The molecular formula is C53H64N7O8-. The molecule has 3 atom stereocenters. The van der Waals surface area contributed by atoms with Crippen molar-refractivity contribution in [2.75, 3.05) is 12.1 Å². The zero-order chi connectivity index (χ0) is 49.2. The molecule has 15 nitrogen and oxygen atoms in total. The first-order valence-electron chi connectivity index (χ1n) is 23.5. The maximum atomic E-state index is 14.1. The first kappa shape index (κ1) is 51.8. The topological polar surface area (TPSA) is 200 Å². The number of hydrogen-bond acceptors (Lipinski definition) is 11. The summed E-state index contributed by atoms with van der Waals surface area (Å²) in [7, 11) is 0. The fraction of sp³-hybridized carbons (Fsp3) is 0.396. The lowest BCUT2D eigenvalue weighted by Crippen LogP contribution is -2.52. The van der Waals surface area contributed by atoms with E-state index < -0.39 is 48.2 Å². The molecule has 0 spiro atoms. The van der Waals surface area contributed by atoms with Gasteiger partial charge in [-0.15, -0.1) is 10.2 Å². The van der Waals surface area contributed by atoms with Crippen molar-refractivity contribution < 1.29 is 38.9 Å². The summed E-state index contributed by atoms with van der Waals surface area (Å²) in [6, 6.07) is 29.3. The molecule has 68 heavy (non-hydrogen) atoms. The fourth-order valence-corrected chi connectivity index (χ4v) is 8.01. The molecule has 15 heteroatoms. The lowest BCUT2D eigenvalue weighted by molar-refractivity contribution is -0.313. The van der Waals surface area contributed by atoms with Crippen LogP contribution in [0.3, 0.4) is 0 Å². The lowest BCUT2D eigenvalue weighted by Gasteiger charge is -2.35. The summed E-state index contributed by atoms with van der Waals surface area (Å²) in [6.07, 6.45) is 7.71. The number of rotatable bonds is 26. The standard InChI is InChI=1S/C53H65N7O8/c1-7-10-12-16-38-17-15-18-43(33-38)41-26-22-39(23-27-41)34-44(32-37(6)53(67)68-9-3)59(48(62)30-31-49(63)64)57-60-55-51(54-56-60)46-20-14-13-19-45(46)42-28-24-40(25-29-42)35-58(47(61)21-11-8-2)50(36(4)5)52(65)66/h12-20,22-29,33,36-37,44,50,57H,7-11,21,30-32,34-35H2,1-6H3,(H,63,64)(H,65,66)/p-1/t37-,44?,50?/m1/s1. The van der Waals surface area contributed by atoms with E-state index in [1.165, 1.54) is 9.91 Å². The SMILES string of the molecule is CCCC=Cc1cccc(-c2ccc(CC(C[C@@H](C)C(=O)OCC)N(Nn3nnc(-c4ccccc4-c4ccc(CN(C(=O)CCCC)C(C(=O)[O-])C(C)C)cc4)n3)C(=O)CCC(=O)O)cc2)c1. The van der Waals surface area contributed by atoms with Crippen LogP contribution in [0.1, 0.15) is 110 Å². The number of carboxylic acids is 2. The summed E-state index contributed by atoms with van der Waals surface area (Å²) in [5, 5.41) is 36.3. The first-order chi connectivity index (χ1) is 32.7. The number of unbranched alkanes of at least 4 members (excludes halogenated alkanes) is 2. The third-order valence-electron chi connectivity index (χ3n) is 11.6. The number of nitrogens with one attached hydrogen (secondary N) is 1. The average Bonchev–Trinajstić information content (AvgIpc) is 3.80. The molecule has 2 unspecified atom stereocenters. The highest BCUT2D eigenvalue weighted by Gasteiger charge is 2.31. The van der Waals surface area contributed by atoms with Crippen molar-refractivity contribution in [3.05, 3.63) is 120 Å². The van der Waals surface area contributed by atoms with Crippen LogP contribution in [-0.4, -0.2) is 83.7 Å². The van der Waals surface area contributed by atoms with Crippen molar-refractivity contribution in [1.29, 1.82) is 0 Å². The second-order valence-corrected chi connectivity index (χ2v) is 17.3. The molecule has 4 aromatic carbocycles. The van der Waals surface area contributed by atoms with Crippen LogP contribution in [0.25, 0.3) is 39.7 Å². The number of allylic oxidation sites excluding steroid dienone is 1. The van der Waals surface area contributed by atoms with Gasteiger partial charge >= 0.3 is 11.9 Å². The number of ether oxygens (including phenoxy) is 1. The first-order valence-corrected chi connectivity index (χ1v) is 23.5. The molecule has 0 saturated heterocycles. The molecule has 360 valence electrons. The van der Waals surface area contributed by atoms with Gasteiger partial charge in [-0.2, -0.15) is 5.53 Å². The Morgan fingerprint density at radius 1 is 0.794 bits per heavy atom. The Kier molecular flexibility index (Phi) is 19.6. The van der Waals surface area contributed by atoms with Crippen LogP contribution in [0, 0.1) is 11.8 Å². The van der Waals surface area contributed by atoms with Gasteiger partial charge in [0.15, 0.2) is 0 Å². The van der Waals surface area contributed by atoms with Crippen molar-refractivity contribution >= 4 is 35.8 Å². The van der Waals surface area contributed by atoms with E-state index in [2.05, 4.69) is 58.2 Å². The third-order valence-corrected chi connectivity index (χ3v) is 11.6. The van der Waals surface area contributed by atoms with Crippen molar-refractivity contribution in [1.82, 2.24) is 30.2 Å². The molecule has 0 aliphatic heterocycles. The number of amides is 2. The van der Waals surface area contributed by atoms with Crippen molar-refractivity contribution in [2.45, 2.75) is 118 Å². The predicted octanol–water partition coefficient (Wildman–Crippen LogP) is 8.13. The zero-order valence-corrected chi connectivity index (χ0v) is 40.0. The van der Waals surface area contributed by atoms with Crippen molar-refractivity contribution in [3.63, 3.8) is 0 Å². The molecule has 0 radical (unpaired) electrons. The van der Waals surface area contributed by atoms with Gasteiger partial charge in [0.05, 0.1) is 37.0 Å². The van der Waals surface area contributed by atoms with Crippen LogP contribution >= 0.6 is 0 Å². The minimum absolute atomic E-state index is 0.0983. The highest BCUT2D eigenvalue weighted by molar-refractivity contribution is 5.84. The maximum absolute atomic E-state index is 14.1. The Hall–Kier alpha value is -7.16. The van der Waals surface area contributed by atoms with Gasteiger partial charge in [0.2, 0.25) is 17.6 Å². The molecular weight excluding hydrogens is 863 g/mol. The minimum Gasteiger partial charge on any atom is -0.548 e. The smallest absolute Gasteiger partial charge is 0.308 e. The number of aliphatic carboxylic acids is 2. The largest absolute Gasteiger partial charge is 0.548 e. The monoisotopic (exact) mass is 926 g/mol. The van der Waals surface area contributed by atoms with Crippen LogP contribution < -0.4 is 10.6 Å². The number of esters is 1. The molecule has 0 bridgehead atoms. The van der Waals surface area contributed by atoms with E-state index >= 15 is 0 Å². The quantitative estimate of drug-likeness (QED) is 0.0399. The number of tetrazole rings is 1. The molecule has 1 heterocycles. The number of nitrogens with zero attached hydrogens (tertiary/aromatic N) is 6. The molecule has 2 N–H and O–H groups in total. The van der Waals surface area contributed by atoms with Gasteiger partial charge in [-0.3, -0.25) is 19.2 Å². The Bertz CT molecular complexity index is 2480. The Morgan fingerprint density at radius 3 is 2.13 bits per heavy atom. The van der Waals surface area contributed by atoms with Crippen molar-refractivity contribution in [3.8, 4) is 33.6 Å². The molecule has 0 saturated carbocycles. The highest BCUT2D eigenvalue weighted by Crippen LogP contribution is 2.31. The molecule has 5 aromatic rings. The number of carboxylic acid groups (broad SMARTS) is 2. The van der Waals surface area contributed by atoms with E-state index in [9.17, 15) is 34.2 Å². The second-order valence-electron chi connectivity index (χ2n) is 17.3. The minimum atomic E-state index is -1.29. The van der Waals surface area contributed by atoms with Gasteiger partial charge in [0.1, 0.15) is 0 Å². The number of carbonyl (C=O) groups excluding carboxylic acids is 4. The van der Waals surface area contributed by atoms with Crippen molar-refractivity contribution in [2.24, 2.45) is 11.8 Å². The van der Waals surface area contributed by atoms with Crippen LogP contribution in [0.15, 0.2) is 103 Å². The molecule has 0 aliphatic carbocycles. The number of hydrazine groups is 1. The molecule has 0 fully saturated rings. The number of benzene rings is 4. The summed E-state index contributed by atoms with van der Waals surface area (Å²) in [5.41, 5.74) is 9.90. The van der Waals surface area contributed by atoms with Gasteiger partial charge in [-0.1, -0.05) is 151 Å². The summed E-state index contributed by atoms with van der Waals surface area (Å²) < 4.78 is 5.34. The molecule has 1 aromatic heterocycles. The fourth-order valence-electron chi connectivity index (χ4n) is 8.01. The normalized spacial score (nSPS) is 12.6. The third kappa shape index (κ3) is 14.7. The summed E-state index contributed by atoms with van der Waals surface area (Å²) in [4.78, 5) is 66.7. The van der Waals surface area contributed by atoms with E-state index in [0.29, 0.717) is 12.0 Å². The summed E-state index contributed by atoms with van der Waals surface area (Å²) in [5.74, 6) is -4.43. The summed E-state index contributed by atoms with van der Waals surface area (Å²) in [6.45, 7) is 11.4. The van der Waals surface area contributed by atoms with E-state index in [1.807, 2.05) is 85.8 Å². The average molecular weight is 927 g/mol. The van der Waals surface area contributed by atoms with Crippen LogP contribution in [-0.2, 0) is 41.7 Å². The Morgan fingerprint density at radius 2 is 1.49 bits per heavy atom. The van der Waals surface area contributed by atoms with Gasteiger partial charge in [-0.05, 0) is 93.7 Å². The maximum Gasteiger partial charge on any atom is 0.308 e. The van der Waals surface area contributed by atoms with E-state index in [1.54, 1.807) is 27.7 Å². The second kappa shape index (κ2) is 25.7. The number of hydrogen-bond donors (Lipinski definition) is 2. The van der Waals surface area contributed by atoms with Gasteiger partial charge in [0.25, 0.3) is 0 Å². The van der Waals surface area contributed by atoms with Gasteiger partial charge < -0.3 is 24.6 Å². The molecule has 0 aliphatic rings. The van der Waals surface area contributed by atoms with E-state index in [0.717, 1.165) is 63.1 Å². The van der Waals surface area contributed by atoms with E-state index in [4.69, 9.17) is 4.74 Å². The number of carbonyl (C=O) groups is 5. The van der Waals surface area contributed by atoms with Crippen LogP contribution in [0.2, 0.25) is 0 Å². The highest BCUT2D eigenvalue weighted by atomic mass is 16.5. The Balaban J connectivity index is 1.44. The summed E-state index contributed by atoms with van der Waals surface area (Å²) >= 11 is 0. The lowest BCUT2D eigenvalue weighted by atomic mass is 9.94. The van der Waals surface area contributed by atoms with Crippen LogP contribution in [0.5, 0.6) is 0 Å². The predicted molar refractivity (Wildman–Crippen MR) is 259 cm³/mol. The molecule has 2 amide bonds. The van der Waals surface area contributed by atoms with Gasteiger partial charge in [-0.25, -0.2) is 5.01 Å².